The number of aromatic amines is 1. The summed E-state index contributed by atoms with van der Waals surface area (Å²) < 4.78 is 50.8. The van der Waals surface area contributed by atoms with E-state index in [0.717, 1.165) is 40.7 Å². The molecular formula is C20H23N3O. The summed E-state index contributed by atoms with van der Waals surface area (Å²) in [6.07, 6.45) is 3.84. The molecule has 1 N–H and O–H groups in total. The molecule has 3 aromatic rings. The average Bonchev–Trinajstić information content (AvgIpc) is 3.26. The minimum atomic E-state index is -2.54. The van der Waals surface area contributed by atoms with Crippen molar-refractivity contribution in [2.45, 2.75) is 25.3 Å². The summed E-state index contributed by atoms with van der Waals surface area (Å²) in [5, 5.41) is 0.815. The molecule has 1 fully saturated rings. The SMILES string of the molecule is [2H]C([2H])([2H])Oc1ccc2[nH]c(-c3ccccn3)c(C[C@H]3CCCN3C([2H])([2H])[2H])c2c1. The van der Waals surface area contributed by atoms with Crippen molar-refractivity contribution in [2.75, 3.05) is 20.6 Å². The molecule has 0 amide bonds. The van der Waals surface area contributed by atoms with E-state index < -0.39 is 14.0 Å². The Balaban J connectivity index is 1.80. The van der Waals surface area contributed by atoms with Crippen LogP contribution in [0, 0.1) is 0 Å². The van der Waals surface area contributed by atoms with Crippen LogP contribution in [-0.2, 0) is 6.42 Å². The quantitative estimate of drug-likeness (QED) is 0.791. The van der Waals surface area contributed by atoms with Gasteiger partial charge < -0.3 is 14.6 Å². The van der Waals surface area contributed by atoms with Gasteiger partial charge in [0.2, 0.25) is 0 Å². The molecule has 2 aromatic heterocycles. The van der Waals surface area contributed by atoms with Crippen LogP contribution in [0.25, 0.3) is 22.3 Å². The number of ether oxygens (including phenoxy) is 1. The van der Waals surface area contributed by atoms with Crippen LogP contribution in [0.4, 0.5) is 0 Å². The second kappa shape index (κ2) is 6.29. The first kappa shape index (κ1) is 9.84. The highest BCUT2D eigenvalue weighted by Gasteiger charge is 2.24. The molecule has 0 bridgehead atoms. The Hall–Kier alpha value is -2.33. The van der Waals surface area contributed by atoms with Crippen molar-refractivity contribution in [2.24, 2.45) is 0 Å². The van der Waals surface area contributed by atoms with E-state index in [4.69, 9.17) is 13.0 Å². The van der Waals surface area contributed by atoms with Gasteiger partial charge in [0.25, 0.3) is 0 Å². The first-order chi connectivity index (χ1) is 14.1. The highest BCUT2D eigenvalue weighted by Crippen LogP contribution is 2.34. The van der Waals surface area contributed by atoms with E-state index in [-0.39, 0.29) is 11.8 Å². The minimum Gasteiger partial charge on any atom is -0.497 e. The number of hydrogen-bond donors (Lipinski definition) is 1. The number of hydrogen-bond acceptors (Lipinski definition) is 3. The first-order valence-electron chi connectivity index (χ1n) is 11.1. The first-order valence-corrected chi connectivity index (χ1v) is 8.13. The van der Waals surface area contributed by atoms with E-state index in [1.54, 1.807) is 29.3 Å². The Morgan fingerprint density at radius 1 is 1.38 bits per heavy atom. The van der Waals surface area contributed by atoms with Crippen LogP contribution in [0.15, 0.2) is 42.6 Å². The second-order valence-corrected chi connectivity index (χ2v) is 6.20. The van der Waals surface area contributed by atoms with E-state index in [1.807, 2.05) is 18.2 Å². The lowest BCUT2D eigenvalue weighted by atomic mass is 9.99. The number of fused-ring (bicyclic) bond motifs is 1. The molecule has 0 saturated carbocycles. The maximum atomic E-state index is 7.86. The molecular weight excluding hydrogens is 298 g/mol. The highest BCUT2D eigenvalue weighted by molar-refractivity contribution is 5.91. The number of benzene rings is 1. The number of pyridine rings is 1. The lowest BCUT2D eigenvalue weighted by Gasteiger charge is -2.19. The van der Waals surface area contributed by atoms with E-state index in [0.29, 0.717) is 13.0 Å². The zero-order valence-corrected chi connectivity index (χ0v) is 13.2. The average molecular weight is 327 g/mol. The van der Waals surface area contributed by atoms with Gasteiger partial charge in [0.1, 0.15) is 5.75 Å². The van der Waals surface area contributed by atoms with Crippen LogP contribution < -0.4 is 4.74 Å². The molecule has 0 unspecified atom stereocenters. The molecule has 4 nitrogen and oxygen atoms in total. The molecule has 1 aliphatic heterocycles. The molecule has 0 radical (unpaired) electrons. The van der Waals surface area contributed by atoms with Crippen molar-refractivity contribution in [1.29, 1.82) is 0 Å². The van der Waals surface area contributed by atoms with E-state index in [2.05, 4.69) is 9.97 Å². The van der Waals surface area contributed by atoms with Gasteiger partial charge in [-0.1, -0.05) is 6.07 Å². The van der Waals surface area contributed by atoms with Gasteiger partial charge in [0, 0.05) is 27.3 Å². The number of nitrogens with zero attached hydrogens (tertiary/aromatic N) is 2. The number of H-pyrrole nitrogens is 1. The maximum Gasteiger partial charge on any atom is 0.119 e. The van der Waals surface area contributed by atoms with Gasteiger partial charge in [-0.2, -0.15) is 0 Å². The molecule has 1 atom stereocenters. The zero-order valence-electron chi connectivity index (χ0n) is 19.2. The number of likely N-dealkylation sites (N-methyl/N-ethyl adjacent to an activating group) is 1. The van der Waals surface area contributed by atoms with Crippen molar-refractivity contribution < 1.29 is 13.0 Å². The second-order valence-electron chi connectivity index (χ2n) is 6.20. The third-order valence-electron chi connectivity index (χ3n) is 4.73. The van der Waals surface area contributed by atoms with Gasteiger partial charge in [0.15, 0.2) is 0 Å². The summed E-state index contributed by atoms with van der Waals surface area (Å²) >= 11 is 0. The van der Waals surface area contributed by atoms with Gasteiger partial charge in [-0.3, -0.25) is 4.98 Å². The highest BCUT2D eigenvalue weighted by atomic mass is 16.5. The number of nitrogens with one attached hydrogen (secondary N) is 1. The maximum absolute atomic E-state index is 7.86. The molecule has 124 valence electrons. The lowest BCUT2D eigenvalue weighted by molar-refractivity contribution is 0.310. The summed E-state index contributed by atoms with van der Waals surface area (Å²) in [6.45, 7) is -1.61. The van der Waals surface area contributed by atoms with Gasteiger partial charge in [0.05, 0.1) is 22.5 Å². The monoisotopic (exact) mass is 327 g/mol. The Morgan fingerprint density at radius 2 is 2.38 bits per heavy atom. The number of aromatic nitrogens is 2. The van der Waals surface area contributed by atoms with Crippen LogP contribution in [0.1, 0.15) is 26.6 Å². The predicted molar refractivity (Wildman–Crippen MR) is 97.4 cm³/mol. The van der Waals surface area contributed by atoms with E-state index in [9.17, 15) is 0 Å². The van der Waals surface area contributed by atoms with Crippen LogP contribution in [0.2, 0.25) is 0 Å². The summed E-state index contributed by atoms with van der Waals surface area (Å²) in [5.74, 6) is 0.245. The number of likely N-dealkylation sites (tertiary alicyclic amines) is 1. The van der Waals surface area contributed by atoms with Gasteiger partial charge >= 0.3 is 0 Å². The molecule has 1 saturated heterocycles. The molecule has 0 aliphatic carbocycles. The van der Waals surface area contributed by atoms with E-state index in [1.165, 1.54) is 0 Å². The summed E-state index contributed by atoms with van der Waals surface area (Å²) in [5.41, 5.74) is 3.30. The van der Waals surface area contributed by atoms with Gasteiger partial charge in [-0.05, 0) is 68.7 Å². The Morgan fingerprint density at radius 3 is 3.21 bits per heavy atom. The summed E-state index contributed by atoms with van der Waals surface area (Å²) in [6, 6.07) is 10.6. The lowest BCUT2D eigenvalue weighted by Crippen LogP contribution is -2.26. The van der Waals surface area contributed by atoms with Crippen molar-refractivity contribution in [3.8, 4) is 17.1 Å². The molecule has 4 rings (SSSR count). The third kappa shape index (κ3) is 2.67. The molecule has 24 heavy (non-hydrogen) atoms. The van der Waals surface area contributed by atoms with Crippen LogP contribution in [0.3, 0.4) is 0 Å². The van der Waals surface area contributed by atoms with Crippen molar-refractivity contribution >= 4 is 10.9 Å². The van der Waals surface area contributed by atoms with Crippen molar-refractivity contribution in [1.82, 2.24) is 14.9 Å². The molecule has 4 heteroatoms. The van der Waals surface area contributed by atoms with Crippen molar-refractivity contribution in [3.05, 3.63) is 48.2 Å². The number of rotatable bonds is 4. The van der Waals surface area contributed by atoms with Crippen molar-refractivity contribution in [3.63, 3.8) is 0 Å². The van der Waals surface area contributed by atoms with E-state index >= 15 is 0 Å². The summed E-state index contributed by atoms with van der Waals surface area (Å²) in [7, 11) is -2.54. The fourth-order valence-electron chi connectivity index (χ4n) is 3.52. The minimum absolute atomic E-state index is 0.133. The van der Waals surface area contributed by atoms with Gasteiger partial charge in [-0.15, -0.1) is 0 Å². The Labute approximate surface area is 150 Å². The molecule has 1 aromatic carbocycles. The summed E-state index contributed by atoms with van der Waals surface area (Å²) in [4.78, 5) is 9.41. The van der Waals surface area contributed by atoms with Gasteiger partial charge in [-0.25, -0.2) is 0 Å². The third-order valence-corrected chi connectivity index (χ3v) is 4.73. The topological polar surface area (TPSA) is 41.1 Å². The molecule has 0 spiro atoms. The Kier molecular flexibility index (Phi) is 2.58. The zero-order chi connectivity index (χ0) is 21.5. The van der Waals surface area contributed by atoms with Crippen LogP contribution in [0.5, 0.6) is 5.75 Å². The smallest absolute Gasteiger partial charge is 0.119 e. The van der Waals surface area contributed by atoms with Crippen LogP contribution in [-0.4, -0.2) is 41.5 Å². The fraction of sp³-hybridized carbons (Fsp3) is 0.350. The predicted octanol–water partition coefficient (Wildman–Crippen LogP) is 3.88. The molecule has 1 aliphatic rings. The molecule has 3 heterocycles. The Bertz CT molecular complexity index is 1030. The largest absolute Gasteiger partial charge is 0.497 e. The standard InChI is InChI=1S/C20H23N3O/c1-23-11-5-6-14(23)12-17-16-13-15(24-2)8-9-18(16)22-20(17)19-7-3-4-10-21-19/h3-4,7-10,13-14,22H,5-6,11-12H2,1-2H3/t14-/m1/s1/i1D3,2D3. The number of methoxy groups -OCH3 is 1. The van der Waals surface area contributed by atoms with Crippen LogP contribution >= 0.6 is 0 Å². The normalized spacial score (nSPS) is 23.1. The fourth-order valence-corrected chi connectivity index (χ4v) is 3.52.